The number of ether oxygens (including phenoxy) is 1. The van der Waals surface area contributed by atoms with E-state index in [9.17, 15) is 0 Å². The number of rotatable bonds is 8. The van der Waals surface area contributed by atoms with Gasteiger partial charge in [-0.3, -0.25) is 0 Å². The van der Waals surface area contributed by atoms with Gasteiger partial charge < -0.3 is 10.1 Å². The van der Waals surface area contributed by atoms with E-state index >= 15 is 0 Å². The number of hydrogen-bond donors (Lipinski definition) is 1. The summed E-state index contributed by atoms with van der Waals surface area (Å²) in [5.41, 5.74) is 1.50. The first-order chi connectivity index (χ1) is 9.72. The maximum absolute atomic E-state index is 5.09. The molecular weight excluding hydrogens is 266 g/mol. The minimum absolute atomic E-state index is 0.671. The third-order valence-corrected chi connectivity index (χ3v) is 4.89. The fourth-order valence-corrected chi connectivity index (χ4v) is 3.45. The van der Waals surface area contributed by atoms with Gasteiger partial charge in [0.05, 0.1) is 6.61 Å². The van der Waals surface area contributed by atoms with Crippen LogP contribution < -0.4 is 5.32 Å². The third kappa shape index (κ3) is 4.05. The molecule has 0 aliphatic heterocycles. The first-order valence-corrected chi connectivity index (χ1v) is 8.25. The van der Waals surface area contributed by atoms with E-state index in [2.05, 4.69) is 48.8 Å². The van der Waals surface area contributed by atoms with Crippen LogP contribution in [-0.4, -0.2) is 26.8 Å². The van der Waals surface area contributed by atoms with Crippen molar-refractivity contribution in [3.8, 4) is 0 Å². The summed E-state index contributed by atoms with van der Waals surface area (Å²) in [6.07, 6.45) is 1.15. The highest BCUT2D eigenvalue weighted by Crippen LogP contribution is 2.29. The van der Waals surface area contributed by atoms with Crippen LogP contribution in [0.4, 0.5) is 0 Å². The van der Waals surface area contributed by atoms with Gasteiger partial charge in [0, 0.05) is 18.4 Å². The van der Waals surface area contributed by atoms with Crippen molar-refractivity contribution < 1.29 is 4.74 Å². The summed E-state index contributed by atoms with van der Waals surface area (Å²) < 4.78 is 6.49. The van der Waals surface area contributed by atoms with E-state index in [1.165, 1.54) is 15.6 Å². The number of methoxy groups -OCH3 is 1. The Balaban J connectivity index is 2.00. The number of thiophene rings is 1. The quantitative estimate of drug-likeness (QED) is 0.744. The number of fused-ring (bicyclic) bond motifs is 1. The van der Waals surface area contributed by atoms with Crippen LogP contribution in [-0.2, 0) is 11.2 Å². The molecule has 1 aromatic heterocycles. The largest absolute Gasteiger partial charge is 0.383 e. The standard InChI is InChI=1S/C17H25NOS/c1-13(2)14(11-18-8-9-19-3)10-15-12-20-17-7-5-4-6-16(15)17/h4-7,12-14,18H,8-11H2,1-3H3. The summed E-state index contributed by atoms with van der Waals surface area (Å²) in [7, 11) is 1.75. The summed E-state index contributed by atoms with van der Waals surface area (Å²) in [4.78, 5) is 0. The highest BCUT2D eigenvalue weighted by Gasteiger charge is 2.15. The van der Waals surface area contributed by atoms with Gasteiger partial charge in [0.15, 0.2) is 0 Å². The summed E-state index contributed by atoms with van der Waals surface area (Å²) in [5, 5.41) is 7.27. The number of benzene rings is 1. The molecule has 1 atom stereocenters. The Morgan fingerprint density at radius 1 is 1.25 bits per heavy atom. The van der Waals surface area contributed by atoms with Gasteiger partial charge in [-0.25, -0.2) is 0 Å². The van der Waals surface area contributed by atoms with E-state index in [0.29, 0.717) is 11.8 Å². The molecule has 0 spiro atoms. The van der Waals surface area contributed by atoms with Crippen LogP contribution in [0.2, 0.25) is 0 Å². The van der Waals surface area contributed by atoms with E-state index < -0.39 is 0 Å². The monoisotopic (exact) mass is 291 g/mol. The second kappa shape index (κ2) is 7.77. The lowest BCUT2D eigenvalue weighted by atomic mass is 9.89. The molecule has 110 valence electrons. The van der Waals surface area contributed by atoms with Gasteiger partial charge >= 0.3 is 0 Å². The van der Waals surface area contributed by atoms with E-state index in [1.807, 2.05) is 11.3 Å². The van der Waals surface area contributed by atoms with Crippen LogP contribution in [0.3, 0.4) is 0 Å². The molecule has 1 aromatic carbocycles. The van der Waals surface area contributed by atoms with E-state index in [1.54, 1.807) is 7.11 Å². The molecule has 0 saturated heterocycles. The van der Waals surface area contributed by atoms with Crippen molar-refractivity contribution >= 4 is 21.4 Å². The average Bonchev–Trinajstić information content (AvgIpc) is 2.85. The Bertz CT molecular complexity index is 520. The Kier molecular flexibility index (Phi) is 6.02. The van der Waals surface area contributed by atoms with Gasteiger partial charge in [0.25, 0.3) is 0 Å². The minimum Gasteiger partial charge on any atom is -0.383 e. The Hall–Kier alpha value is -0.900. The molecular formula is C17H25NOS. The first-order valence-electron chi connectivity index (χ1n) is 7.37. The topological polar surface area (TPSA) is 21.3 Å². The van der Waals surface area contributed by atoms with Gasteiger partial charge in [-0.2, -0.15) is 0 Å². The summed E-state index contributed by atoms with van der Waals surface area (Å²) in [6.45, 7) is 7.41. The maximum atomic E-state index is 5.09. The Labute approximate surface area is 126 Å². The van der Waals surface area contributed by atoms with Crippen LogP contribution in [0.1, 0.15) is 19.4 Å². The molecule has 0 saturated carbocycles. The zero-order chi connectivity index (χ0) is 14.4. The second-order valence-corrected chi connectivity index (χ2v) is 6.57. The molecule has 2 aromatic rings. The number of hydrogen-bond acceptors (Lipinski definition) is 3. The Morgan fingerprint density at radius 3 is 2.80 bits per heavy atom. The molecule has 0 aliphatic carbocycles. The van der Waals surface area contributed by atoms with Crippen molar-refractivity contribution in [3.63, 3.8) is 0 Å². The molecule has 0 amide bonds. The highest BCUT2D eigenvalue weighted by atomic mass is 32.1. The van der Waals surface area contributed by atoms with Crippen molar-refractivity contribution in [2.45, 2.75) is 20.3 Å². The van der Waals surface area contributed by atoms with Crippen LogP contribution in [0.15, 0.2) is 29.6 Å². The summed E-state index contributed by atoms with van der Waals surface area (Å²) in [6, 6.07) is 8.72. The van der Waals surface area contributed by atoms with Crippen molar-refractivity contribution in [3.05, 3.63) is 35.2 Å². The molecule has 0 radical (unpaired) electrons. The molecule has 2 nitrogen and oxygen atoms in total. The average molecular weight is 291 g/mol. The highest BCUT2D eigenvalue weighted by molar-refractivity contribution is 7.17. The summed E-state index contributed by atoms with van der Waals surface area (Å²) in [5.74, 6) is 1.36. The molecule has 1 heterocycles. The molecule has 0 aliphatic rings. The molecule has 0 fully saturated rings. The fraction of sp³-hybridized carbons (Fsp3) is 0.529. The predicted octanol–water partition coefficient (Wildman–Crippen LogP) is 3.95. The SMILES string of the molecule is COCCNCC(Cc1csc2ccccc12)C(C)C. The minimum atomic E-state index is 0.671. The molecule has 1 unspecified atom stereocenters. The van der Waals surface area contributed by atoms with Crippen molar-refractivity contribution in [2.24, 2.45) is 11.8 Å². The smallest absolute Gasteiger partial charge is 0.0587 e. The van der Waals surface area contributed by atoms with E-state index in [-0.39, 0.29) is 0 Å². The van der Waals surface area contributed by atoms with Gasteiger partial charge in [-0.05, 0) is 47.2 Å². The second-order valence-electron chi connectivity index (χ2n) is 5.66. The van der Waals surface area contributed by atoms with Crippen LogP contribution in [0, 0.1) is 11.8 Å². The first kappa shape index (κ1) is 15.5. The lowest BCUT2D eigenvalue weighted by Gasteiger charge is -2.21. The number of nitrogens with one attached hydrogen (secondary N) is 1. The maximum Gasteiger partial charge on any atom is 0.0587 e. The molecule has 0 bridgehead atoms. The zero-order valence-electron chi connectivity index (χ0n) is 12.7. The van der Waals surface area contributed by atoms with Crippen LogP contribution in [0.25, 0.3) is 10.1 Å². The van der Waals surface area contributed by atoms with E-state index in [0.717, 1.165) is 26.1 Å². The van der Waals surface area contributed by atoms with Gasteiger partial charge in [-0.15, -0.1) is 11.3 Å². The molecule has 3 heteroatoms. The molecule has 1 N–H and O–H groups in total. The van der Waals surface area contributed by atoms with Gasteiger partial charge in [-0.1, -0.05) is 32.0 Å². The lowest BCUT2D eigenvalue weighted by molar-refractivity contribution is 0.196. The van der Waals surface area contributed by atoms with Crippen LogP contribution in [0.5, 0.6) is 0 Å². The third-order valence-electron chi connectivity index (χ3n) is 3.88. The zero-order valence-corrected chi connectivity index (χ0v) is 13.5. The van der Waals surface area contributed by atoms with Crippen molar-refractivity contribution in [2.75, 3.05) is 26.8 Å². The molecule has 2 rings (SSSR count). The van der Waals surface area contributed by atoms with Crippen molar-refractivity contribution in [1.82, 2.24) is 5.32 Å². The van der Waals surface area contributed by atoms with Crippen LogP contribution >= 0.6 is 11.3 Å². The predicted molar refractivity (Wildman–Crippen MR) is 88.6 cm³/mol. The van der Waals surface area contributed by atoms with Crippen molar-refractivity contribution in [1.29, 1.82) is 0 Å². The van der Waals surface area contributed by atoms with Gasteiger partial charge in [0.2, 0.25) is 0 Å². The fourth-order valence-electron chi connectivity index (χ4n) is 2.48. The normalized spacial score (nSPS) is 13.2. The van der Waals surface area contributed by atoms with E-state index in [4.69, 9.17) is 4.74 Å². The Morgan fingerprint density at radius 2 is 2.05 bits per heavy atom. The lowest BCUT2D eigenvalue weighted by Crippen LogP contribution is -2.30. The summed E-state index contributed by atoms with van der Waals surface area (Å²) >= 11 is 1.86. The molecule has 20 heavy (non-hydrogen) atoms. The van der Waals surface area contributed by atoms with Gasteiger partial charge in [0.1, 0.15) is 0 Å².